The van der Waals surface area contributed by atoms with Gasteiger partial charge in [0.05, 0.1) is 14.2 Å². The second-order valence-electron chi connectivity index (χ2n) is 7.66. The lowest BCUT2D eigenvalue weighted by Crippen LogP contribution is -2.47. The minimum Gasteiger partial charge on any atom is -0.493 e. The fourth-order valence-electron chi connectivity index (χ4n) is 3.62. The van der Waals surface area contributed by atoms with Gasteiger partial charge in [-0.25, -0.2) is 4.79 Å². The Morgan fingerprint density at radius 1 is 1.15 bits per heavy atom. The van der Waals surface area contributed by atoms with Gasteiger partial charge in [-0.1, -0.05) is 38.1 Å². The number of urea groups is 1. The maximum Gasteiger partial charge on any atom is 0.322 e. The Kier molecular flexibility index (Phi) is 5.31. The molecule has 1 unspecified atom stereocenters. The van der Waals surface area contributed by atoms with Crippen LogP contribution in [0.25, 0.3) is 0 Å². The molecule has 2 aromatic rings. The molecule has 0 radical (unpaired) electrons. The van der Waals surface area contributed by atoms with E-state index in [2.05, 4.69) is 32.2 Å². The Morgan fingerprint density at radius 3 is 2.56 bits per heavy atom. The predicted molar refractivity (Wildman–Crippen MR) is 108 cm³/mol. The van der Waals surface area contributed by atoms with E-state index in [9.17, 15) is 4.79 Å². The van der Waals surface area contributed by atoms with E-state index in [4.69, 9.17) is 9.47 Å². The summed E-state index contributed by atoms with van der Waals surface area (Å²) in [6, 6.07) is 14.1. The smallest absolute Gasteiger partial charge is 0.322 e. The van der Waals surface area contributed by atoms with E-state index in [-0.39, 0.29) is 17.5 Å². The Morgan fingerprint density at radius 2 is 1.85 bits per heavy atom. The van der Waals surface area contributed by atoms with Crippen molar-refractivity contribution in [2.75, 3.05) is 25.7 Å². The molecular weight excluding hydrogens is 340 g/mol. The monoisotopic (exact) mass is 368 g/mol. The first-order valence-corrected chi connectivity index (χ1v) is 9.25. The van der Waals surface area contributed by atoms with Gasteiger partial charge in [0.1, 0.15) is 0 Å². The van der Waals surface area contributed by atoms with Crippen LogP contribution in [0.3, 0.4) is 0 Å². The summed E-state index contributed by atoms with van der Waals surface area (Å²) in [7, 11) is 3.25. The van der Waals surface area contributed by atoms with E-state index < -0.39 is 0 Å². The number of fused-ring (bicyclic) bond motifs is 1. The molecular formula is C22H28N2O3. The number of hydrogen-bond donors (Lipinski definition) is 1. The van der Waals surface area contributed by atoms with Crippen molar-refractivity contribution in [1.29, 1.82) is 0 Å². The van der Waals surface area contributed by atoms with E-state index in [0.717, 1.165) is 17.7 Å². The summed E-state index contributed by atoms with van der Waals surface area (Å²) in [5.41, 5.74) is 3.05. The lowest BCUT2D eigenvalue weighted by atomic mass is 9.84. The molecule has 0 aliphatic carbocycles. The van der Waals surface area contributed by atoms with Crippen LogP contribution >= 0.6 is 0 Å². The van der Waals surface area contributed by atoms with Crippen LogP contribution in [0.2, 0.25) is 0 Å². The number of anilines is 1. The Balaban J connectivity index is 1.73. The number of nitrogens with zero attached hydrogens (tertiary/aromatic N) is 1. The van der Waals surface area contributed by atoms with Crippen LogP contribution in [0.5, 0.6) is 11.5 Å². The van der Waals surface area contributed by atoms with E-state index in [1.165, 1.54) is 5.56 Å². The second kappa shape index (κ2) is 7.51. The standard InChI is InChI=1S/C22H28N2O3/c1-15-12-16-8-6-7-9-18(16)24(15)21(25)23-14-22(2,3)17-10-11-19(26-4)20(13-17)27-5/h6-11,13,15H,12,14H2,1-5H3,(H,23,25). The highest BCUT2D eigenvalue weighted by molar-refractivity contribution is 5.95. The molecule has 5 heteroatoms. The molecule has 2 amide bonds. The van der Waals surface area contributed by atoms with Gasteiger partial charge in [0.2, 0.25) is 0 Å². The molecule has 0 spiro atoms. The first-order valence-electron chi connectivity index (χ1n) is 9.25. The molecule has 0 saturated carbocycles. The lowest BCUT2D eigenvalue weighted by molar-refractivity contribution is 0.242. The molecule has 0 aromatic heterocycles. The number of para-hydroxylation sites is 1. The zero-order chi connectivity index (χ0) is 19.6. The van der Waals surface area contributed by atoms with Gasteiger partial charge < -0.3 is 14.8 Å². The molecule has 1 aliphatic rings. The van der Waals surface area contributed by atoms with E-state index >= 15 is 0 Å². The fourth-order valence-corrected chi connectivity index (χ4v) is 3.62. The number of benzene rings is 2. The quantitative estimate of drug-likeness (QED) is 0.863. The summed E-state index contributed by atoms with van der Waals surface area (Å²) in [6.45, 7) is 6.82. The van der Waals surface area contributed by atoms with Crippen molar-refractivity contribution in [2.24, 2.45) is 0 Å². The number of carbonyl (C=O) groups is 1. The Hall–Kier alpha value is -2.69. The summed E-state index contributed by atoms with van der Waals surface area (Å²) in [4.78, 5) is 14.8. The highest BCUT2D eigenvalue weighted by atomic mass is 16.5. The van der Waals surface area contributed by atoms with Crippen LogP contribution in [0, 0.1) is 0 Å². The molecule has 1 atom stereocenters. The third-order valence-corrected chi connectivity index (χ3v) is 5.27. The largest absolute Gasteiger partial charge is 0.493 e. The van der Waals surface area contributed by atoms with E-state index in [1.54, 1.807) is 14.2 Å². The molecule has 144 valence electrons. The minimum atomic E-state index is -0.252. The first-order chi connectivity index (χ1) is 12.9. The molecule has 1 heterocycles. The highest BCUT2D eigenvalue weighted by Crippen LogP contribution is 2.34. The number of ether oxygens (including phenoxy) is 2. The zero-order valence-electron chi connectivity index (χ0n) is 16.7. The minimum absolute atomic E-state index is 0.0546. The molecule has 27 heavy (non-hydrogen) atoms. The molecule has 3 rings (SSSR count). The molecule has 1 N–H and O–H groups in total. The van der Waals surface area contributed by atoms with Gasteiger partial charge >= 0.3 is 6.03 Å². The van der Waals surface area contributed by atoms with Gasteiger partial charge in [-0.15, -0.1) is 0 Å². The topological polar surface area (TPSA) is 50.8 Å². The summed E-state index contributed by atoms with van der Waals surface area (Å²) in [6.07, 6.45) is 0.892. The summed E-state index contributed by atoms with van der Waals surface area (Å²) < 4.78 is 10.7. The van der Waals surface area contributed by atoms with Crippen molar-refractivity contribution in [3.63, 3.8) is 0 Å². The van der Waals surface area contributed by atoms with Gasteiger partial charge in [-0.05, 0) is 42.7 Å². The summed E-state index contributed by atoms with van der Waals surface area (Å²) in [5.74, 6) is 1.39. The molecule has 2 aromatic carbocycles. The third-order valence-electron chi connectivity index (χ3n) is 5.27. The van der Waals surface area contributed by atoms with Gasteiger partial charge in [0.25, 0.3) is 0 Å². The van der Waals surface area contributed by atoms with Crippen LogP contribution in [-0.4, -0.2) is 32.8 Å². The number of carbonyl (C=O) groups excluding carboxylic acids is 1. The lowest BCUT2D eigenvalue weighted by Gasteiger charge is -2.29. The average molecular weight is 368 g/mol. The molecule has 0 bridgehead atoms. The molecule has 0 fully saturated rings. The predicted octanol–water partition coefficient (Wildman–Crippen LogP) is 4.14. The maximum atomic E-state index is 12.9. The number of amides is 2. The van der Waals surface area contributed by atoms with E-state index in [1.807, 2.05) is 41.3 Å². The van der Waals surface area contributed by atoms with E-state index in [0.29, 0.717) is 18.0 Å². The van der Waals surface area contributed by atoms with Crippen molar-refractivity contribution < 1.29 is 14.3 Å². The summed E-state index contributed by atoms with van der Waals surface area (Å²) >= 11 is 0. The van der Waals surface area contributed by atoms with Gasteiger partial charge in [-0.3, -0.25) is 4.90 Å². The fraction of sp³-hybridized carbons (Fsp3) is 0.409. The number of nitrogens with one attached hydrogen (secondary N) is 1. The van der Waals surface area contributed by atoms with Gasteiger partial charge in [-0.2, -0.15) is 0 Å². The molecule has 0 saturated heterocycles. The normalized spacial score (nSPS) is 16.0. The second-order valence-corrected chi connectivity index (χ2v) is 7.66. The van der Waals surface area contributed by atoms with Gasteiger partial charge in [0, 0.05) is 23.7 Å². The average Bonchev–Trinajstić information content (AvgIpc) is 3.01. The Bertz CT molecular complexity index is 832. The highest BCUT2D eigenvalue weighted by Gasteiger charge is 2.32. The molecule has 5 nitrogen and oxygen atoms in total. The van der Waals surface area contributed by atoms with Crippen LogP contribution < -0.4 is 19.7 Å². The zero-order valence-corrected chi connectivity index (χ0v) is 16.7. The van der Waals surface area contributed by atoms with Crippen LogP contribution in [0.1, 0.15) is 31.9 Å². The van der Waals surface area contributed by atoms with Crippen LogP contribution in [0.15, 0.2) is 42.5 Å². The number of hydrogen-bond acceptors (Lipinski definition) is 3. The van der Waals surface area contributed by atoms with Crippen molar-refractivity contribution in [3.05, 3.63) is 53.6 Å². The number of methoxy groups -OCH3 is 2. The van der Waals surface area contributed by atoms with Crippen molar-refractivity contribution in [1.82, 2.24) is 5.32 Å². The third kappa shape index (κ3) is 3.72. The number of rotatable bonds is 5. The maximum absolute atomic E-state index is 12.9. The Labute approximate surface area is 161 Å². The SMILES string of the molecule is COc1ccc(C(C)(C)CNC(=O)N2c3ccccc3CC2C)cc1OC. The van der Waals surface area contributed by atoms with Crippen molar-refractivity contribution >= 4 is 11.7 Å². The van der Waals surface area contributed by atoms with Crippen molar-refractivity contribution in [3.8, 4) is 11.5 Å². The van der Waals surface area contributed by atoms with Crippen molar-refractivity contribution in [2.45, 2.75) is 38.6 Å². The van der Waals surface area contributed by atoms with Crippen LogP contribution in [0.4, 0.5) is 10.5 Å². The first kappa shape index (κ1) is 19.1. The van der Waals surface area contributed by atoms with Crippen LogP contribution in [-0.2, 0) is 11.8 Å². The van der Waals surface area contributed by atoms with Gasteiger partial charge in [0.15, 0.2) is 11.5 Å². The molecule has 1 aliphatic heterocycles. The summed E-state index contributed by atoms with van der Waals surface area (Å²) in [5, 5.41) is 3.12.